The monoisotopic (exact) mass is 374 g/mol. The SMILES string of the molecule is Cc1nn(CC(=O)NCc2ncc(-c3ccccc3)o2)c(=O)c2ccccc12. The topological polar surface area (TPSA) is 90.0 Å². The number of benzene rings is 2. The van der Waals surface area contributed by atoms with Gasteiger partial charge in [0.2, 0.25) is 11.8 Å². The number of nitrogens with one attached hydrogen (secondary N) is 1. The number of rotatable bonds is 5. The van der Waals surface area contributed by atoms with Gasteiger partial charge < -0.3 is 9.73 Å². The maximum Gasteiger partial charge on any atom is 0.275 e. The molecule has 1 amide bonds. The molecule has 0 saturated heterocycles. The van der Waals surface area contributed by atoms with Crippen LogP contribution < -0.4 is 10.9 Å². The fourth-order valence-corrected chi connectivity index (χ4v) is 3.01. The summed E-state index contributed by atoms with van der Waals surface area (Å²) in [6.45, 7) is 1.78. The third-order valence-electron chi connectivity index (χ3n) is 4.39. The molecule has 2 heterocycles. The molecule has 0 aliphatic heterocycles. The zero-order chi connectivity index (χ0) is 19.5. The number of amides is 1. The van der Waals surface area contributed by atoms with Crippen molar-refractivity contribution >= 4 is 16.7 Å². The van der Waals surface area contributed by atoms with Crippen LogP contribution in [0.5, 0.6) is 0 Å². The van der Waals surface area contributed by atoms with Gasteiger partial charge >= 0.3 is 0 Å². The van der Waals surface area contributed by atoms with Gasteiger partial charge in [0, 0.05) is 10.9 Å². The van der Waals surface area contributed by atoms with Crippen molar-refractivity contribution in [3.63, 3.8) is 0 Å². The van der Waals surface area contributed by atoms with Gasteiger partial charge in [-0.1, -0.05) is 48.5 Å². The molecule has 0 bridgehead atoms. The smallest absolute Gasteiger partial charge is 0.275 e. The molecule has 0 fully saturated rings. The van der Waals surface area contributed by atoms with E-state index in [1.165, 1.54) is 4.68 Å². The predicted molar refractivity (Wildman–Crippen MR) is 105 cm³/mol. The number of oxazole rings is 1. The Bertz CT molecular complexity index is 1200. The number of carbonyl (C=O) groups is 1. The van der Waals surface area contributed by atoms with E-state index in [1.54, 1.807) is 18.3 Å². The number of aryl methyl sites for hydroxylation is 1. The van der Waals surface area contributed by atoms with E-state index < -0.39 is 0 Å². The average Bonchev–Trinajstić information content (AvgIpc) is 3.20. The van der Waals surface area contributed by atoms with Crippen molar-refractivity contribution in [2.24, 2.45) is 0 Å². The summed E-state index contributed by atoms with van der Waals surface area (Å²) in [6.07, 6.45) is 1.62. The molecule has 2 aromatic heterocycles. The van der Waals surface area contributed by atoms with Crippen LogP contribution in [0, 0.1) is 6.92 Å². The van der Waals surface area contributed by atoms with Gasteiger partial charge in [-0.2, -0.15) is 5.10 Å². The summed E-state index contributed by atoms with van der Waals surface area (Å²) in [5.41, 5.74) is 1.32. The first-order valence-electron chi connectivity index (χ1n) is 8.85. The minimum absolute atomic E-state index is 0.132. The van der Waals surface area contributed by atoms with E-state index in [0.717, 1.165) is 10.9 Å². The Kier molecular flexibility index (Phi) is 4.72. The van der Waals surface area contributed by atoms with E-state index in [9.17, 15) is 9.59 Å². The van der Waals surface area contributed by atoms with E-state index in [2.05, 4.69) is 15.4 Å². The molecule has 140 valence electrons. The van der Waals surface area contributed by atoms with Gasteiger partial charge in [0.05, 0.1) is 23.8 Å². The Balaban J connectivity index is 1.44. The molecule has 0 saturated carbocycles. The number of carbonyl (C=O) groups excluding carboxylic acids is 1. The molecule has 0 spiro atoms. The quantitative estimate of drug-likeness (QED) is 0.580. The fraction of sp³-hybridized carbons (Fsp3) is 0.143. The Morgan fingerprint density at radius 1 is 1.07 bits per heavy atom. The predicted octanol–water partition coefficient (Wildman–Crippen LogP) is 2.68. The first-order valence-corrected chi connectivity index (χ1v) is 8.85. The van der Waals surface area contributed by atoms with Gasteiger partial charge in [0.1, 0.15) is 6.54 Å². The lowest BCUT2D eigenvalue weighted by atomic mass is 10.1. The molecule has 2 aromatic carbocycles. The molecule has 28 heavy (non-hydrogen) atoms. The lowest BCUT2D eigenvalue weighted by Gasteiger charge is -2.08. The number of hydrogen-bond acceptors (Lipinski definition) is 5. The summed E-state index contributed by atoms with van der Waals surface area (Å²) in [7, 11) is 0. The van der Waals surface area contributed by atoms with Crippen molar-refractivity contribution in [1.29, 1.82) is 0 Å². The highest BCUT2D eigenvalue weighted by molar-refractivity contribution is 5.83. The summed E-state index contributed by atoms with van der Waals surface area (Å²) in [6, 6.07) is 16.8. The summed E-state index contributed by atoms with van der Waals surface area (Å²) in [5.74, 6) is 0.679. The number of nitrogens with zero attached hydrogens (tertiary/aromatic N) is 3. The Hall–Kier alpha value is -3.74. The van der Waals surface area contributed by atoms with Crippen LogP contribution >= 0.6 is 0 Å². The molecule has 4 aromatic rings. The lowest BCUT2D eigenvalue weighted by Crippen LogP contribution is -2.33. The van der Waals surface area contributed by atoms with Gasteiger partial charge in [0.25, 0.3) is 5.56 Å². The van der Waals surface area contributed by atoms with E-state index in [0.29, 0.717) is 22.7 Å². The molecule has 0 aliphatic carbocycles. The summed E-state index contributed by atoms with van der Waals surface area (Å²) < 4.78 is 6.84. The van der Waals surface area contributed by atoms with Gasteiger partial charge in [-0.3, -0.25) is 9.59 Å². The maximum absolute atomic E-state index is 12.5. The number of aromatic nitrogens is 3. The maximum atomic E-state index is 12.5. The minimum Gasteiger partial charge on any atom is -0.439 e. The zero-order valence-corrected chi connectivity index (χ0v) is 15.3. The molecule has 4 rings (SSSR count). The van der Waals surface area contributed by atoms with Crippen molar-refractivity contribution in [3.8, 4) is 11.3 Å². The van der Waals surface area contributed by atoms with Gasteiger partial charge in [0.15, 0.2) is 5.76 Å². The van der Waals surface area contributed by atoms with Gasteiger partial charge in [-0.05, 0) is 13.0 Å². The fourth-order valence-electron chi connectivity index (χ4n) is 3.01. The van der Waals surface area contributed by atoms with Crippen LogP contribution in [0.2, 0.25) is 0 Å². The average molecular weight is 374 g/mol. The summed E-state index contributed by atoms with van der Waals surface area (Å²) in [4.78, 5) is 29.0. The highest BCUT2D eigenvalue weighted by Crippen LogP contribution is 2.19. The Morgan fingerprint density at radius 2 is 1.79 bits per heavy atom. The van der Waals surface area contributed by atoms with Crippen LogP contribution in [0.25, 0.3) is 22.1 Å². The van der Waals surface area contributed by atoms with Crippen molar-refractivity contribution in [1.82, 2.24) is 20.1 Å². The molecule has 7 nitrogen and oxygen atoms in total. The second-order valence-corrected chi connectivity index (χ2v) is 6.35. The Labute approximate surface area is 160 Å². The molecular formula is C21H18N4O3. The summed E-state index contributed by atoms with van der Waals surface area (Å²) >= 11 is 0. The largest absolute Gasteiger partial charge is 0.439 e. The summed E-state index contributed by atoms with van der Waals surface area (Å²) in [5, 5.41) is 8.29. The van der Waals surface area contributed by atoms with Gasteiger partial charge in [-0.15, -0.1) is 0 Å². The van der Waals surface area contributed by atoms with Crippen LogP contribution in [0.3, 0.4) is 0 Å². The highest BCUT2D eigenvalue weighted by atomic mass is 16.4. The molecule has 7 heteroatoms. The van der Waals surface area contributed by atoms with Crippen molar-refractivity contribution in [2.75, 3.05) is 0 Å². The molecule has 0 aliphatic rings. The number of hydrogen-bond donors (Lipinski definition) is 1. The van der Waals surface area contributed by atoms with Gasteiger partial charge in [-0.25, -0.2) is 9.67 Å². The second-order valence-electron chi connectivity index (χ2n) is 6.35. The van der Waals surface area contributed by atoms with Crippen LogP contribution in [0.4, 0.5) is 0 Å². The first-order chi connectivity index (χ1) is 13.6. The molecule has 0 unspecified atom stereocenters. The molecule has 0 atom stereocenters. The van der Waals surface area contributed by atoms with Crippen LogP contribution in [-0.2, 0) is 17.9 Å². The van der Waals surface area contributed by atoms with Crippen molar-refractivity contribution in [2.45, 2.75) is 20.0 Å². The standard InChI is InChI=1S/C21H18N4O3/c1-14-16-9-5-6-10-17(16)21(27)25(24-14)13-19(26)22-12-20-23-11-18(28-20)15-7-3-2-4-8-15/h2-11H,12-13H2,1H3,(H,22,26). The molecular weight excluding hydrogens is 356 g/mol. The van der Waals surface area contributed by atoms with E-state index in [-0.39, 0.29) is 24.6 Å². The zero-order valence-electron chi connectivity index (χ0n) is 15.3. The third kappa shape index (κ3) is 3.55. The van der Waals surface area contributed by atoms with E-state index in [4.69, 9.17) is 4.42 Å². The second kappa shape index (κ2) is 7.48. The minimum atomic E-state index is -0.344. The van der Waals surface area contributed by atoms with E-state index >= 15 is 0 Å². The van der Waals surface area contributed by atoms with Crippen LogP contribution in [0.1, 0.15) is 11.6 Å². The normalized spacial score (nSPS) is 10.9. The third-order valence-corrected chi connectivity index (χ3v) is 4.39. The molecule has 0 radical (unpaired) electrons. The first kappa shape index (κ1) is 17.7. The van der Waals surface area contributed by atoms with E-state index in [1.807, 2.05) is 49.4 Å². The molecule has 1 N–H and O–H groups in total. The van der Waals surface area contributed by atoms with Crippen molar-refractivity contribution < 1.29 is 9.21 Å². The lowest BCUT2D eigenvalue weighted by molar-refractivity contribution is -0.122. The Morgan fingerprint density at radius 3 is 2.57 bits per heavy atom. The van der Waals surface area contributed by atoms with Crippen molar-refractivity contribution in [3.05, 3.63) is 82.7 Å². The highest BCUT2D eigenvalue weighted by Gasteiger charge is 2.12. The van der Waals surface area contributed by atoms with Crippen LogP contribution in [-0.4, -0.2) is 20.7 Å². The number of fused-ring (bicyclic) bond motifs is 1. The van der Waals surface area contributed by atoms with Crippen LogP contribution in [0.15, 0.2) is 70.0 Å².